The van der Waals surface area contributed by atoms with Crippen molar-refractivity contribution in [2.45, 2.75) is 26.3 Å². The highest BCUT2D eigenvalue weighted by molar-refractivity contribution is 6.07. The number of benzene rings is 3. The van der Waals surface area contributed by atoms with E-state index in [1.807, 2.05) is 42.5 Å². The van der Waals surface area contributed by atoms with E-state index in [4.69, 9.17) is 9.47 Å². The molecule has 184 valence electrons. The predicted molar refractivity (Wildman–Crippen MR) is 135 cm³/mol. The van der Waals surface area contributed by atoms with E-state index in [2.05, 4.69) is 17.6 Å². The second-order valence-corrected chi connectivity index (χ2v) is 8.83. The van der Waals surface area contributed by atoms with Gasteiger partial charge in [-0.2, -0.15) is 0 Å². The molecule has 0 bridgehead atoms. The zero-order valence-corrected chi connectivity index (χ0v) is 20.0. The molecule has 0 saturated carbocycles. The smallest absolute Gasteiger partial charge is 0.253 e. The number of fused-ring (bicyclic) bond motifs is 1. The lowest BCUT2D eigenvalue weighted by Crippen LogP contribution is -2.29. The summed E-state index contributed by atoms with van der Waals surface area (Å²) < 4.78 is 10.7. The standard InChI is InChI=1S/C28H27N3O5/c1-2-18-7-10-21(11-8-18)31-16-20(14-26(31)32)27(33)30-23-6-4-3-5-22(23)28(34)29-15-19-9-12-24-25(13-19)36-17-35-24/h3-13,20H,2,14-17H2,1H3,(H,29,34)(H,30,33)/t20-/m1/s1. The van der Waals surface area contributed by atoms with Crippen LogP contribution in [0.3, 0.4) is 0 Å². The number of ether oxygens (including phenoxy) is 2. The summed E-state index contributed by atoms with van der Waals surface area (Å²) in [6.07, 6.45) is 1.04. The molecule has 36 heavy (non-hydrogen) atoms. The molecule has 1 atom stereocenters. The monoisotopic (exact) mass is 485 g/mol. The third kappa shape index (κ3) is 4.88. The summed E-state index contributed by atoms with van der Waals surface area (Å²) in [4.78, 5) is 40.3. The molecule has 1 fully saturated rings. The first-order chi connectivity index (χ1) is 17.5. The van der Waals surface area contributed by atoms with Gasteiger partial charge in [0.05, 0.1) is 17.2 Å². The first-order valence-corrected chi connectivity index (χ1v) is 12.0. The van der Waals surface area contributed by atoms with Crippen molar-refractivity contribution in [1.82, 2.24) is 5.32 Å². The number of carbonyl (C=O) groups is 3. The minimum absolute atomic E-state index is 0.0887. The molecule has 0 spiro atoms. The minimum atomic E-state index is -0.506. The molecule has 0 aliphatic carbocycles. The van der Waals surface area contributed by atoms with E-state index in [9.17, 15) is 14.4 Å². The molecule has 3 aromatic rings. The van der Waals surface area contributed by atoms with Gasteiger partial charge in [-0.3, -0.25) is 14.4 Å². The van der Waals surface area contributed by atoms with Crippen LogP contribution in [-0.2, 0) is 22.6 Å². The molecular weight excluding hydrogens is 458 g/mol. The highest BCUT2D eigenvalue weighted by Gasteiger charge is 2.35. The zero-order valence-electron chi connectivity index (χ0n) is 20.0. The normalized spacial score (nSPS) is 16.2. The number of anilines is 2. The molecule has 2 N–H and O–H groups in total. The van der Waals surface area contributed by atoms with Crippen LogP contribution >= 0.6 is 0 Å². The quantitative estimate of drug-likeness (QED) is 0.529. The average Bonchev–Trinajstić information content (AvgIpc) is 3.54. The number of hydrogen-bond donors (Lipinski definition) is 2. The molecular formula is C28H27N3O5. The summed E-state index contributed by atoms with van der Waals surface area (Å²) in [7, 11) is 0. The van der Waals surface area contributed by atoms with Crippen molar-refractivity contribution in [3.8, 4) is 11.5 Å². The summed E-state index contributed by atoms with van der Waals surface area (Å²) in [5.74, 6) is 0.133. The molecule has 0 radical (unpaired) electrons. The van der Waals surface area contributed by atoms with Crippen molar-refractivity contribution in [2.75, 3.05) is 23.6 Å². The van der Waals surface area contributed by atoms with Gasteiger partial charge in [0.25, 0.3) is 5.91 Å². The lowest BCUT2D eigenvalue weighted by Gasteiger charge is -2.17. The fourth-order valence-corrected chi connectivity index (χ4v) is 4.40. The Morgan fingerprint density at radius 1 is 0.972 bits per heavy atom. The van der Waals surface area contributed by atoms with Gasteiger partial charge in [-0.25, -0.2) is 0 Å². The maximum Gasteiger partial charge on any atom is 0.253 e. The SMILES string of the molecule is CCc1ccc(N2C[C@H](C(=O)Nc3ccccc3C(=O)NCc3ccc4c(c3)OCO4)CC2=O)cc1. The first-order valence-electron chi connectivity index (χ1n) is 12.0. The molecule has 1 saturated heterocycles. The molecule has 8 nitrogen and oxygen atoms in total. The van der Waals surface area contributed by atoms with Crippen LogP contribution in [-0.4, -0.2) is 31.1 Å². The maximum atomic E-state index is 13.1. The van der Waals surface area contributed by atoms with Crippen molar-refractivity contribution in [1.29, 1.82) is 0 Å². The Balaban J connectivity index is 1.22. The van der Waals surface area contributed by atoms with E-state index in [0.717, 1.165) is 17.7 Å². The van der Waals surface area contributed by atoms with Crippen molar-refractivity contribution < 1.29 is 23.9 Å². The Morgan fingerprint density at radius 3 is 2.53 bits per heavy atom. The van der Waals surface area contributed by atoms with Crippen LogP contribution in [0.5, 0.6) is 11.5 Å². The van der Waals surface area contributed by atoms with Gasteiger partial charge < -0.3 is 25.0 Å². The highest BCUT2D eigenvalue weighted by Crippen LogP contribution is 2.32. The van der Waals surface area contributed by atoms with Gasteiger partial charge in [0, 0.05) is 25.2 Å². The Hall–Kier alpha value is -4.33. The Kier molecular flexibility index (Phi) is 6.58. The van der Waals surface area contributed by atoms with Crippen molar-refractivity contribution >= 4 is 29.1 Å². The fraction of sp³-hybridized carbons (Fsp3) is 0.250. The summed E-state index contributed by atoms with van der Waals surface area (Å²) in [5.41, 5.74) is 3.60. The third-order valence-electron chi connectivity index (χ3n) is 6.47. The summed E-state index contributed by atoms with van der Waals surface area (Å²) in [5, 5.41) is 5.75. The van der Waals surface area contributed by atoms with Crippen LogP contribution in [0.4, 0.5) is 11.4 Å². The van der Waals surface area contributed by atoms with E-state index in [-0.39, 0.29) is 30.9 Å². The number of para-hydroxylation sites is 1. The number of nitrogens with zero attached hydrogens (tertiary/aromatic N) is 1. The van der Waals surface area contributed by atoms with E-state index in [0.29, 0.717) is 35.8 Å². The molecule has 0 aromatic heterocycles. The first kappa shape index (κ1) is 23.4. The van der Waals surface area contributed by atoms with Gasteiger partial charge in [-0.05, 0) is 53.9 Å². The van der Waals surface area contributed by atoms with Gasteiger partial charge in [-0.1, -0.05) is 37.3 Å². The largest absolute Gasteiger partial charge is 0.454 e. The Labute approximate surface area is 209 Å². The minimum Gasteiger partial charge on any atom is -0.454 e. The van der Waals surface area contributed by atoms with Gasteiger partial charge >= 0.3 is 0 Å². The van der Waals surface area contributed by atoms with Crippen molar-refractivity contribution in [3.05, 3.63) is 83.4 Å². The van der Waals surface area contributed by atoms with Crippen LogP contribution in [0, 0.1) is 5.92 Å². The van der Waals surface area contributed by atoms with Gasteiger partial charge in [0.1, 0.15) is 0 Å². The Morgan fingerprint density at radius 2 is 1.72 bits per heavy atom. The van der Waals surface area contributed by atoms with Crippen LogP contribution in [0.1, 0.15) is 34.8 Å². The molecule has 2 aliphatic rings. The van der Waals surface area contributed by atoms with Crippen molar-refractivity contribution in [3.63, 3.8) is 0 Å². The molecule has 8 heteroatoms. The number of hydrogen-bond acceptors (Lipinski definition) is 5. The van der Waals surface area contributed by atoms with E-state index >= 15 is 0 Å². The van der Waals surface area contributed by atoms with Crippen LogP contribution < -0.4 is 25.0 Å². The summed E-state index contributed by atoms with van der Waals surface area (Å²) in [6, 6.07) is 20.2. The van der Waals surface area contributed by atoms with Crippen LogP contribution in [0.15, 0.2) is 66.7 Å². The fourth-order valence-electron chi connectivity index (χ4n) is 4.40. The molecule has 3 amide bonds. The molecule has 2 heterocycles. The lowest BCUT2D eigenvalue weighted by atomic mass is 10.1. The molecule has 0 unspecified atom stereocenters. The molecule has 5 rings (SSSR count). The van der Waals surface area contributed by atoms with Gasteiger partial charge in [0.15, 0.2) is 11.5 Å². The van der Waals surface area contributed by atoms with Gasteiger partial charge in [-0.15, -0.1) is 0 Å². The Bertz CT molecular complexity index is 1300. The third-order valence-corrected chi connectivity index (χ3v) is 6.47. The number of aryl methyl sites for hydroxylation is 1. The van der Waals surface area contributed by atoms with E-state index in [1.54, 1.807) is 29.2 Å². The number of nitrogens with one attached hydrogen (secondary N) is 2. The molecule has 3 aromatic carbocycles. The number of rotatable bonds is 7. The second-order valence-electron chi connectivity index (χ2n) is 8.83. The van der Waals surface area contributed by atoms with Crippen LogP contribution in [0.25, 0.3) is 0 Å². The zero-order chi connectivity index (χ0) is 25.1. The van der Waals surface area contributed by atoms with Crippen molar-refractivity contribution in [2.24, 2.45) is 5.92 Å². The maximum absolute atomic E-state index is 13.1. The lowest BCUT2D eigenvalue weighted by molar-refractivity contribution is -0.122. The van der Waals surface area contributed by atoms with E-state index in [1.165, 1.54) is 5.56 Å². The predicted octanol–water partition coefficient (Wildman–Crippen LogP) is 3.90. The second kappa shape index (κ2) is 10.1. The number of carbonyl (C=O) groups excluding carboxylic acids is 3. The van der Waals surface area contributed by atoms with E-state index < -0.39 is 5.92 Å². The number of amides is 3. The van der Waals surface area contributed by atoms with Crippen LogP contribution in [0.2, 0.25) is 0 Å². The summed E-state index contributed by atoms with van der Waals surface area (Å²) >= 11 is 0. The highest BCUT2D eigenvalue weighted by atomic mass is 16.7. The topological polar surface area (TPSA) is 97.0 Å². The average molecular weight is 486 g/mol. The molecule has 2 aliphatic heterocycles. The van der Waals surface area contributed by atoms with Gasteiger partial charge in [0.2, 0.25) is 18.6 Å². The summed E-state index contributed by atoms with van der Waals surface area (Å²) in [6.45, 7) is 2.86.